The van der Waals surface area contributed by atoms with Crippen molar-refractivity contribution in [2.24, 2.45) is 7.05 Å². The third-order valence-corrected chi connectivity index (χ3v) is 7.43. The average Bonchev–Trinajstić information content (AvgIpc) is 3.42. The van der Waals surface area contributed by atoms with E-state index in [-0.39, 0.29) is 5.91 Å². The van der Waals surface area contributed by atoms with Crippen molar-refractivity contribution in [3.8, 4) is 10.7 Å². The van der Waals surface area contributed by atoms with E-state index in [1.807, 2.05) is 23.7 Å². The van der Waals surface area contributed by atoms with Crippen molar-refractivity contribution in [2.75, 3.05) is 39.0 Å². The molecule has 0 radical (unpaired) electrons. The first kappa shape index (κ1) is 18.7. The maximum atomic E-state index is 12.6. The van der Waals surface area contributed by atoms with Gasteiger partial charge in [-0.25, -0.2) is 4.98 Å². The molecule has 2 aliphatic rings. The Balaban J connectivity index is 1.34. The number of hydrogen-bond acceptors (Lipinski definition) is 6. The molecule has 1 fully saturated rings. The highest BCUT2D eigenvalue weighted by molar-refractivity contribution is 7.99. The zero-order valence-corrected chi connectivity index (χ0v) is 17.4. The summed E-state index contributed by atoms with van der Waals surface area (Å²) in [6, 6.07) is 4.23. The summed E-state index contributed by atoms with van der Waals surface area (Å²) in [5, 5.41) is 5.06. The van der Waals surface area contributed by atoms with Gasteiger partial charge in [0, 0.05) is 36.8 Å². The molecule has 0 saturated carbocycles. The Morgan fingerprint density at radius 3 is 2.85 bits per heavy atom. The zero-order chi connectivity index (χ0) is 18.8. The SMILES string of the molecule is CS[C@H]1CCN(CC(=O)N2CC=C(c3ccc(-c4ncn(C)n4)s3)CC2)C1. The Morgan fingerprint density at radius 2 is 2.19 bits per heavy atom. The number of thioether (sulfide) groups is 1. The third-order valence-electron chi connectivity index (χ3n) is 5.23. The standard InChI is InChI=1S/C19H25N5OS2/c1-22-13-20-19(21-22)17-4-3-16(27-17)14-5-9-24(10-6-14)18(25)12-23-8-7-15(11-23)26-2/h3-5,13,15H,6-12H2,1-2H3/t15-/m0/s1. The molecule has 2 aromatic rings. The molecule has 2 aromatic heterocycles. The molecule has 1 saturated heterocycles. The number of aryl methyl sites for hydroxylation is 1. The molecule has 0 unspecified atom stereocenters. The lowest BCUT2D eigenvalue weighted by molar-refractivity contribution is -0.131. The highest BCUT2D eigenvalue weighted by atomic mass is 32.2. The van der Waals surface area contributed by atoms with E-state index in [1.54, 1.807) is 22.3 Å². The third kappa shape index (κ3) is 4.28. The fourth-order valence-corrected chi connectivity index (χ4v) is 5.34. The highest BCUT2D eigenvalue weighted by Gasteiger charge is 2.26. The second-order valence-corrected chi connectivity index (χ2v) is 9.33. The fraction of sp³-hybridized carbons (Fsp3) is 0.526. The predicted octanol–water partition coefficient (Wildman–Crippen LogP) is 2.60. The van der Waals surface area contributed by atoms with E-state index in [0.717, 1.165) is 36.8 Å². The van der Waals surface area contributed by atoms with Crippen LogP contribution in [0, 0.1) is 0 Å². The summed E-state index contributed by atoms with van der Waals surface area (Å²) < 4.78 is 1.72. The molecule has 1 atom stereocenters. The second-order valence-electron chi connectivity index (χ2n) is 7.11. The number of likely N-dealkylation sites (tertiary alicyclic amines) is 1. The monoisotopic (exact) mass is 403 g/mol. The number of carbonyl (C=O) groups excluding carboxylic acids is 1. The number of thiophene rings is 1. The van der Waals surface area contributed by atoms with Crippen molar-refractivity contribution in [2.45, 2.75) is 18.1 Å². The van der Waals surface area contributed by atoms with Crippen LogP contribution in [0.2, 0.25) is 0 Å². The number of carbonyl (C=O) groups is 1. The number of nitrogens with zero attached hydrogens (tertiary/aromatic N) is 5. The topological polar surface area (TPSA) is 54.3 Å². The molecule has 2 aliphatic heterocycles. The van der Waals surface area contributed by atoms with Crippen molar-refractivity contribution in [1.82, 2.24) is 24.6 Å². The Morgan fingerprint density at radius 1 is 1.33 bits per heavy atom. The number of aromatic nitrogens is 3. The number of rotatable bonds is 5. The van der Waals surface area contributed by atoms with Crippen LogP contribution in [0.15, 0.2) is 24.5 Å². The molecule has 1 amide bonds. The molecule has 6 nitrogen and oxygen atoms in total. The van der Waals surface area contributed by atoms with Gasteiger partial charge in [0.1, 0.15) is 6.33 Å². The molecule has 0 aliphatic carbocycles. The van der Waals surface area contributed by atoms with Crippen LogP contribution in [0.5, 0.6) is 0 Å². The first-order valence-electron chi connectivity index (χ1n) is 9.30. The molecule has 0 N–H and O–H groups in total. The summed E-state index contributed by atoms with van der Waals surface area (Å²) >= 11 is 3.64. The Labute approximate surface area is 168 Å². The largest absolute Gasteiger partial charge is 0.338 e. The van der Waals surface area contributed by atoms with Crippen LogP contribution in [-0.4, -0.2) is 74.7 Å². The van der Waals surface area contributed by atoms with Gasteiger partial charge in [-0.05, 0) is 43.3 Å². The minimum absolute atomic E-state index is 0.261. The molecule has 27 heavy (non-hydrogen) atoms. The van der Waals surface area contributed by atoms with E-state index in [2.05, 4.69) is 39.4 Å². The van der Waals surface area contributed by atoms with Crippen LogP contribution in [0.1, 0.15) is 17.7 Å². The molecule has 0 aromatic carbocycles. The van der Waals surface area contributed by atoms with Gasteiger partial charge in [-0.2, -0.15) is 16.9 Å². The van der Waals surface area contributed by atoms with Gasteiger partial charge >= 0.3 is 0 Å². The van der Waals surface area contributed by atoms with Crippen molar-refractivity contribution >= 4 is 34.6 Å². The molecule has 0 bridgehead atoms. The van der Waals surface area contributed by atoms with Gasteiger partial charge in [-0.15, -0.1) is 11.3 Å². The van der Waals surface area contributed by atoms with Crippen molar-refractivity contribution in [3.63, 3.8) is 0 Å². The van der Waals surface area contributed by atoms with Gasteiger partial charge in [0.25, 0.3) is 0 Å². The van der Waals surface area contributed by atoms with Gasteiger partial charge in [-0.1, -0.05) is 6.08 Å². The average molecular weight is 404 g/mol. The summed E-state index contributed by atoms with van der Waals surface area (Å²) in [4.78, 5) is 23.6. The van der Waals surface area contributed by atoms with Crippen LogP contribution < -0.4 is 0 Å². The summed E-state index contributed by atoms with van der Waals surface area (Å²) in [7, 11) is 1.88. The molecule has 4 rings (SSSR count). The lowest BCUT2D eigenvalue weighted by Gasteiger charge is -2.28. The van der Waals surface area contributed by atoms with Crippen LogP contribution in [0.25, 0.3) is 16.3 Å². The lowest BCUT2D eigenvalue weighted by Crippen LogP contribution is -2.41. The summed E-state index contributed by atoms with van der Waals surface area (Å²) in [5.41, 5.74) is 1.33. The smallest absolute Gasteiger partial charge is 0.237 e. The zero-order valence-electron chi connectivity index (χ0n) is 15.8. The van der Waals surface area contributed by atoms with E-state index in [0.29, 0.717) is 18.3 Å². The predicted molar refractivity (Wildman–Crippen MR) is 112 cm³/mol. The van der Waals surface area contributed by atoms with E-state index in [1.165, 1.54) is 16.9 Å². The summed E-state index contributed by atoms with van der Waals surface area (Å²) in [6.07, 6.45) is 8.20. The number of amides is 1. The van der Waals surface area contributed by atoms with Gasteiger partial charge in [0.15, 0.2) is 5.82 Å². The first-order valence-corrected chi connectivity index (χ1v) is 11.4. The van der Waals surface area contributed by atoms with Gasteiger partial charge < -0.3 is 4.90 Å². The molecule has 144 valence electrons. The molecular formula is C19H25N5OS2. The Kier molecular flexibility index (Phi) is 5.66. The minimum Gasteiger partial charge on any atom is -0.338 e. The molecule has 0 spiro atoms. The maximum Gasteiger partial charge on any atom is 0.237 e. The second kappa shape index (κ2) is 8.16. The summed E-state index contributed by atoms with van der Waals surface area (Å²) in [5.74, 6) is 1.03. The van der Waals surface area contributed by atoms with E-state index >= 15 is 0 Å². The maximum absolute atomic E-state index is 12.6. The van der Waals surface area contributed by atoms with Gasteiger partial charge in [0.2, 0.25) is 5.91 Å². The first-order chi connectivity index (χ1) is 13.1. The minimum atomic E-state index is 0.261. The van der Waals surface area contributed by atoms with E-state index in [4.69, 9.17) is 0 Å². The normalized spacial score (nSPS) is 20.9. The lowest BCUT2D eigenvalue weighted by atomic mass is 10.1. The van der Waals surface area contributed by atoms with Crippen molar-refractivity contribution < 1.29 is 4.79 Å². The van der Waals surface area contributed by atoms with Gasteiger partial charge in [0.05, 0.1) is 11.4 Å². The van der Waals surface area contributed by atoms with Gasteiger partial charge in [-0.3, -0.25) is 14.4 Å². The van der Waals surface area contributed by atoms with Crippen molar-refractivity contribution in [3.05, 3.63) is 29.4 Å². The van der Waals surface area contributed by atoms with Crippen LogP contribution in [-0.2, 0) is 11.8 Å². The van der Waals surface area contributed by atoms with Crippen LogP contribution in [0.4, 0.5) is 0 Å². The Bertz CT molecular complexity index is 843. The molecular weight excluding hydrogens is 378 g/mol. The van der Waals surface area contributed by atoms with Crippen molar-refractivity contribution in [1.29, 1.82) is 0 Å². The quantitative estimate of drug-likeness (QED) is 0.768. The number of hydrogen-bond donors (Lipinski definition) is 0. The van der Waals surface area contributed by atoms with E-state index < -0.39 is 0 Å². The highest BCUT2D eigenvalue weighted by Crippen LogP contribution is 2.33. The van der Waals surface area contributed by atoms with Crippen LogP contribution in [0.3, 0.4) is 0 Å². The summed E-state index contributed by atoms with van der Waals surface area (Å²) in [6.45, 7) is 4.17. The fourth-order valence-electron chi connectivity index (χ4n) is 3.63. The molecule has 8 heteroatoms. The van der Waals surface area contributed by atoms with E-state index in [9.17, 15) is 4.79 Å². The van der Waals surface area contributed by atoms with Crippen LogP contribution >= 0.6 is 23.1 Å². The molecule has 4 heterocycles. The Hall–Kier alpha value is -1.64.